The minimum atomic E-state index is -0.249. The van der Waals surface area contributed by atoms with Crippen molar-refractivity contribution >= 4 is 5.78 Å². The predicted molar refractivity (Wildman–Crippen MR) is 79.2 cm³/mol. The van der Waals surface area contributed by atoms with Gasteiger partial charge >= 0.3 is 0 Å². The van der Waals surface area contributed by atoms with E-state index in [1.165, 1.54) is 18.6 Å². The fourth-order valence-electron chi connectivity index (χ4n) is 2.96. The molecule has 3 heteroatoms. The van der Waals surface area contributed by atoms with Gasteiger partial charge < -0.3 is 4.90 Å². The largest absolute Gasteiger partial charge is 0.301 e. The van der Waals surface area contributed by atoms with Gasteiger partial charge in [0.15, 0.2) is 0 Å². The Bertz CT molecular complexity index is 441. The maximum atomic E-state index is 12.8. The van der Waals surface area contributed by atoms with Gasteiger partial charge in [-0.25, -0.2) is 4.39 Å². The molecule has 20 heavy (non-hydrogen) atoms. The van der Waals surface area contributed by atoms with E-state index in [1.54, 1.807) is 12.1 Å². The van der Waals surface area contributed by atoms with E-state index in [2.05, 4.69) is 18.7 Å². The first-order chi connectivity index (χ1) is 9.54. The standard InChI is InChI=1S/C17H24FNO/c1-13(2)19-9-3-4-15(12-19)11-17(20)10-14-5-7-16(18)8-6-14/h5-8,13,15H,3-4,9-12H2,1-2H3/t15-/m0/s1. The van der Waals surface area contributed by atoms with Crippen molar-refractivity contribution in [3.05, 3.63) is 35.6 Å². The summed E-state index contributed by atoms with van der Waals surface area (Å²) in [4.78, 5) is 14.6. The van der Waals surface area contributed by atoms with E-state index in [1.807, 2.05) is 0 Å². The molecule has 1 aliphatic rings. The van der Waals surface area contributed by atoms with E-state index in [0.717, 1.165) is 25.1 Å². The third-order valence-corrected chi connectivity index (χ3v) is 4.11. The number of carbonyl (C=O) groups is 1. The number of likely N-dealkylation sites (tertiary alicyclic amines) is 1. The number of benzene rings is 1. The molecule has 0 aliphatic carbocycles. The molecule has 2 rings (SSSR count). The highest BCUT2D eigenvalue weighted by atomic mass is 19.1. The second kappa shape index (κ2) is 6.98. The van der Waals surface area contributed by atoms with Gasteiger partial charge in [0.25, 0.3) is 0 Å². The van der Waals surface area contributed by atoms with Crippen LogP contribution in [0.4, 0.5) is 4.39 Å². The van der Waals surface area contributed by atoms with E-state index >= 15 is 0 Å². The Labute approximate surface area is 121 Å². The van der Waals surface area contributed by atoms with Crippen molar-refractivity contribution in [2.24, 2.45) is 5.92 Å². The first-order valence-electron chi connectivity index (χ1n) is 7.55. The molecule has 0 radical (unpaired) electrons. The molecule has 1 fully saturated rings. The molecule has 110 valence electrons. The molecule has 1 aromatic carbocycles. The van der Waals surface area contributed by atoms with E-state index in [-0.39, 0.29) is 11.6 Å². The van der Waals surface area contributed by atoms with Gasteiger partial charge in [-0.1, -0.05) is 12.1 Å². The van der Waals surface area contributed by atoms with E-state index in [9.17, 15) is 9.18 Å². The highest BCUT2D eigenvalue weighted by Gasteiger charge is 2.23. The van der Waals surface area contributed by atoms with Gasteiger partial charge in [0.05, 0.1) is 0 Å². The zero-order valence-electron chi connectivity index (χ0n) is 12.4. The van der Waals surface area contributed by atoms with Crippen molar-refractivity contribution in [2.45, 2.75) is 45.6 Å². The summed E-state index contributed by atoms with van der Waals surface area (Å²) < 4.78 is 12.8. The quantitative estimate of drug-likeness (QED) is 0.821. The summed E-state index contributed by atoms with van der Waals surface area (Å²) in [7, 11) is 0. The highest BCUT2D eigenvalue weighted by molar-refractivity contribution is 5.81. The summed E-state index contributed by atoms with van der Waals surface area (Å²) in [5.41, 5.74) is 0.910. The number of piperidine rings is 1. The lowest BCUT2D eigenvalue weighted by molar-refractivity contribution is -0.119. The Balaban J connectivity index is 1.83. The SMILES string of the molecule is CC(C)N1CCC[C@@H](CC(=O)Cc2ccc(F)cc2)C1. The van der Waals surface area contributed by atoms with Crippen LogP contribution in [0.1, 0.15) is 38.7 Å². The Morgan fingerprint density at radius 1 is 1.35 bits per heavy atom. The van der Waals surface area contributed by atoms with Crippen LogP contribution in [0, 0.1) is 11.7 Å². The molecule has 1 aromatic rings. The van der Waals surface area contributed by atoms with Crippen LogP contribution < -0.4 is 0 Å². The third-order valence-electron chi connectivity index (χ3n) is 4.11. The minimum Gasteiger partial charge on any atom is -0.301 e. The summed E-state index contributed by atoms with van der Waals surface area (Å²) in [6.45, 7) is 6.61. The lowest BCUT2D eigenvalue weighted by Gasteiger charge is -2.35. The van der Waals surface area contributed by atoms with Gasteiger partial charge in [0.1, 0.15) is 11.6 Å². The van der Waals surface area contributed by atoms with Crippen LogP contribution in [0.2, 0.25) is 0 Å². The Hall–Kier alpha value is -1.22. The lowest BCUT2D eigenvalue weighted by Crippen LogP contribution is -2.40. The van der Waals surface area contributed by atoms with Gasteiger partial charge in [-0.15, -0.1) is 0 Å². The molecule has 1 heterocycles. The van der Waals surface area contributed by atoms with Crippen LogP contribution in [0.3, 0.4) is 0 Å². The van der Waals surface area contributed by atoms with E-state index < -0.39 is 0 Å². The third kappa shape index (κ3) is 4.41. The second-order valence-corrected chi connectivity index (χ2v) is 6.14. The number of ketones is 1. The topological polar surface area (TPSA) is 20.3 Å². The molecule has 0 bridgehead atoms. The molecular formula is C17H24FNO. The zero-order valence-corrected chi connectivity index (χ0v) is 12.4. The van der Waals surface area contributed by atoms with Crippen LogP contribution in [0.15, 0.2) is 24.3 Å². The Kier molecular flexibility index (Phi) is 5.30. The second-order valence-electron chi connectivity index (χ2n) is 6.14. The van der Waals surface area contributed by atoms with Crippen molar-refractivity contribution in [3.8, 4) is 0 Å². The van der Waals surface area contributed by atoms with Gasteiger partial charge in [-0.3, -0.25) is 4.79 Å². The van der Waals surface area contributed by atoms with Gasteiger partial charge in [-0.05, 0) is 56.8 Å². The first kappa shape index (κ1) is 15.2. The predicted octanol–water partition coefficient (Wildman–Crippen LogP) is 3.45. The summed E-state index contributed by atoms with van der Waals surface area (Å²) >= 11 is 0. The summed E-state index contributed by atoms with van der Waals surface area (Å²) in [6.07, 6.45) is 3.42. The van der Waals surface area contributed by atoms with Crippen LogP contribution in [0.25, 0.3) is 0 Å². The Morgan fingerprint density at radius 2 is 2.05 bits per heavy atom. The lowest BCUT2D eigenvalue weighted by atomic mass is 9.90. The van der Waals surface area contributed by atoms with Crippen LogP contribution in [-0.4, -0.2) is 29.8 Å². The maximum absolute atomic E-state index is 12.8. The molecular weight excluding hydrogens is 253 g/mol. The number of rotatable bonds is 5. The molecule has 0 unspecified atom stereocenters. The molecule has 1 aliphatic heterocycles. The highest BCUT2D eigenvalue weighted by Crippen LogP contribution is 2.22. The fraction of sp³-hybridized carbons (Fsp3) is 0.588. The van der Waals surface area contributed by atoms with E-state index in [4.69, 9.17) is 0 Å². The zero-order chi connectivity index (χ0) is 14.5. The number of Topliss-reactive ketones (excluding diaryl/α,β-unsaturated/α-hetero) is 1. The van der Waals surface area contributed by atoms with Crippen molar-refractivity contribution in [3.63, 3.8) is 0 Å². The molecule has 0 aromatic heterocycles. The number of hydrogen-bond donors (Lipinski definition) is 0. The van der Waals surface area contributed by atoms with Crippen LogP contribution >= 0.6 is 0 Å². The number of nitrogens with zero attached hydrogens (tertiary/aromatic N) is 1. The molecule has 0 saturated carbocycles. The van der Waals surface area contributed by atoms with Gasteiger partial charge in [-0.2, -0.15) is 0 Å². The first-order valence-corrected chi connectivity index (χ1v) is 7.55. The van der Waals surface area contributed by atoms with Crippen LogP contribution in [0.5, 0.6) is 0 Å². The number of carbonyl (C=O) groups excluding carboxylic acids is 1. The van der Waals surface area contributed by atoms with Crippen molar-refractivity contribution in [1.82, 2.24) is 4.90 Å². The monoisotopic (exact) mass is 277 g/mol. The van der Waals surface area contributed by atoms with Crippen molar-refractivity contribution < 1.29 is 9.18 Å². The molecule has 2 nitrogen and oxygen atoms in total. The van der Waals surface area contributed by atoms with Crippen molar-refractivity contribution in [2.75, 3.05) is 13.1 Å². The minimum absolute atomic E-state index is 0.249. The summed E-state index contributed by atoms with van der Waals surface area (Å²) in [5.74, 6) is 0.507. The average Bonchev–Trinajstić information content (AvgIpc) is 2.41. The summed E-state index contributed by atoms with van der Waals surface area (Å²) in [6, 6.07) is 6.81. The molecule has 1 atom stereocenters. The van der Waals surface area contributed by atoms with Gasteiger partial charge in [0, 0.05) is 25.4 Å². The summed E-state index contributed by atoms with van der Waals surface area (Å²) in [5, 5.41) is 0. The van der Waals surface area contributed by atoms with Crippen LogP contribution in [-0.2, 0) is 11.2 Å². The van der Waals surface area contributed by atoms with Crippen molar-refractivity contribution in [1.29, 1.82) is 0 Å². The maximum Gasteiger partial charge on any atom is 0.137 e. The average molecular weight is 277 g/mol. The normalized spacial score (nSPS) is 20.3. The van der Waals surface area contributed by atoms with E-state index in [0.29, 0.717) is 24.8 Å². The molecule has 0 spiro atoms. The molecule has 1 saturated heterocycles. The molecule has 0 amide bonds. The number of hydrogen-bond acceptors (Lipinski definition) is 2. The van der Waals surface area contributed by atoms with Gasteiger partial charge in [0.2, 0.25) is 0 Å². The molecule has 0 N–H and O–H groups in total. The Morgan fingerprint density at radius 3 is 2.70 bits per heavy atom. The smallest absolute Gasteiger partial charge is 0.137 e. The number of halogens is 1. The fourth-order valence-corrected chi connectivity index (χ4v) is 2.96.